The number of aliphatic hydroxyl groups is 1. The first-order valence-corrected chi connectivity index (χ1v) is 5.77. The van der Waals surface area contributed by atoms with Gasteiger partial charge >= 0.3 is 17.6 Å². The Bertz CT molecular complexity index is 409. The summed E-state index contributed by atoms with van der Waals surface area (Å²) in [5.41, 5.74) is -0.777. The number of aliphatic hydroxyl groups excluding tert-OH is 1. The van der Waals surface area contributed by atoms with Crippen molar-refractivity contribution in [2.45, 2.75) is 26.2 Å². The van der Waals surface area contributed by atoms with E-state index in [0.717, 1.165) is 0 Å². The van der Waals surface area contributed by atoms with Gasteiger partial charge in [-0.3, -0.25) is 4.79 Å². The van der Waals surface area contributed by atoms with E-state index in [1.807, 2.05) is 0 Å². The number of nitrogens with zero attached hydrogens (tertiary/aromatic N) is 2. The Kier molecular flexibility index (Phi) is 8.45. The minimum Gasteiger partial charge on any atom is -0.475 e. The number of rotatable bonds is 9. The summed E-state index contributed by atoms with van der Waals surface area (Å²) in [6, 6.07) is 0. The van der Waals surface area contributed by atoms with Gasteiger partial charge in [0.15, 0.2) is 10.8 Å². The van der Waals surface area contributed by atoms with Crippen LogP contribution in [0.25, 0.3) is 4.98 Å². The number of diazo groups is 1. The Labute approximate surface area is 111 Å². The van der Waals surface area contributed by atoms with E-state index >= 15 is 0 Å². The Balaban J connectivity index is 4.36. The van der Waals surface area contributed by atoms with Crippen molar-refractivity contribution in [1.29, 1.82) is 5.39 Å². The average Bonchev–Trinajstić information content (AvgIpc) is 2.38. The van der Waals surface area contributed by atoms with Crippen LogP contribution in [0.3, 0.4) is 0 Å². The molecule has 0 aliphatic heterocycles. The van der Waals surface area contributed by atoms with Gasteiger partial charge in [0.25, 0.3) is 0 Å². The molecule has 0 bridgehead atoms. The molecule has 0 fully saturated rings. The first-order chi connectivity index (χ1) is 9.06. The summed E-state index contributed by atoms with van der Waals surface area (Å²) in [6.45, 7) is 4.70. The standard InChI is InChI=1S/C12H16N2O5/c1-3-5-6-7-9(15)8-19-12(17)10(14-13)11(16)18-4-2/h3H,1,4-8H2,2H3/p+1. The highest BCUT2D eigenvalue weighted by Gasteiger charge is 2.32. The third-order valence-electron chi connectivity index (χ3n) is 2.01. The zero-order chi connectivity index (χ0) is 14.7. The molecule has 104 valence electrons. The molecule has 19 heavy (non-hydrogen) atoms. The van der Waals surface area contributed by atoms with Crippen molar-refractivity contribution in [2.75, 3.05) is 13.2 Å². The van der Waals surface area contributed by atoms with Gasteiger partial charge in [-0.1, -0.05) is 6.08 Å². The molecule has 0 heterocycles. The van der Waals surface area contributed by atoms with Gasteiger partial charge in [0, 0.05) is 6.42 Å². The van der Waals surface area contributed by atoms with Gasteiger partial charge in [-0.2, -0.15) is 0 Å². The Hall–Kier alpha value is -2.36. The van der Waals surface area contributed by atoms with Gasteiger partial charge in [-0.05, 0) is 19.8 Å². The summed E-state index contributed by atoms with van der Waals surface area (Å²) in [6.07, 6.45) is 3.29. The smallest absolute Gasteiger partial charge is 0.475 e. The largest absolute Gasteiger partial charge is 0.547 e. The van der Waals surface area contributed by atoms with Crippen molar-refractivity contribution in [3.8, 4) is 0 Å². The number of esters is 1. The maximum atomic E-state index is 11.3. The molecule has 0 aromatic heterocycles. The first kappa shape index (κ1) is 16.6. The van der Waals surface area contributed by atoms with E-state index in [4.69, 9.17) is 5.39 Å². The number of hydrogen-bond acceptors (Lipinski definition) is 6. The molecule has 7 nitrogen and oxygen atoms in total. The van der Waals surface area contributed by atoms with Crippen molar-refractivity contribution in [2.24, 2.45) is 0 Å². The molecule has 0 aliphatic carbocycles. The number of carbonyl (C=O) groups excluding carboxylic acids is 2. The van der Waals surface area contributed by atoms with E-state index in [1.165, 1.54) is 0 Å². The molecule has 0 spiro atoms. The molecule has 0 saturated heterocycles. The molecule has 0 aromatic rings. The van der Waals surface area contributed by atoms with Crippen LogP contribution in [-0.4, -0.2) is 30.1 Å². The lowest BCUT2D eigenvalue weighted by Gasteiger charge is -2.01. The number of ether oxygens (including phenoxy) is 2. The van der Waals surface area contributed by atoms with E-state index < -0.39 is 24.2 Å². The van der Waals surface area contributed by atoms with Crippen molar-refractivity contribution < 1.29 is 24.2 Å². The lowest BCUT2D eigenvalue weighted by molar-refractivity contribution is -0.139. The fourth-order valence-electron chi connectivity index (χ4n) is 1.10. The van der Waals surface area contributed by atoms with Crippen LogP contribution >= 0.6 is 0 Å². The molecule has 0 saturated carbocycles. The molecule has 0 radical (unpaired) electrons. The predicted octanol–water partition coefficient (Wildman–Crippen LogP) is 2.07. The number of ketones is 1. The van der Waals surface area contributed by atoms with Crippen LogP contribution < -0.4 is 0 Å². The van der Waals surface area contributed by atoms with Crippen LogP contribution in [0.4, 0.5) is 0 Å². The normalized spacial score (nSPS) is 10.9. The zero-order valence-corrected chi connectivity index (χ0v) is 10.8. The molecule has 0 aromatic carbocycles. The van der Waals surface area contributed by atoms with Crippen LogP contribution in [0, 0.1) is 5.39 Å². The second-order valence-corrected chi connectivity index (χ2v) is 3.48. The van der Waals surface area contributed by atoms with Crippen LogP contribution in [-0.2, 0) is 19.1 Å². The van der Waals surface area contributed by atoms with Crippen molar-refractivity contribution in [1.82, 2.24) is 0 Å². The quantitative estimate of drug-likeness (QED) is 0.172. The molecule has 0 amide bonds. The van der Waals surface area contributed by atoms with Crippen LogP contribution in [0.15, 0.2) is 24.3 Å². The first-order valence-electron chi connectivity index (χ1n) is 5.77. The Morgan fingerprint density at radius 3 is 2.63 bits per heavy atom. The van der Waals surface area contributed by atoms with E-state index in [-0.39, 0.29) is 18.8 Å². The van der Waals surface area contributed by atoms with Crippen molar-refractivity contribution in [3.05, 3.63) is 29.3 Å². The monoisotopic (exact) mass is 269 g/mol. The predicted molar refractivity (Wildman–Crippen MR) is 66.4 cm³/mol. The summed E-state index contributed by atoms with van der Waals surface area (Å²) in [5, 5.41) is 17.9. The minimum atomic E-state index is -1.04. The van der Waals surface area contributed by atoms with Crippen molar-refractivity contribution >= 4 is 11.8 Å². The third-order valence-corrected chi connectivity index (χ3v) is 2.01. The fourth-order valence-corrected chi connectivity index (χ4v) is 1.10. The summed E-state index contributed by atoms with van der Waals surface area (Å²) in [7, 11) is 0. The van der Waals surface area contributed by atoms with Gasteiger partial charge in [0.05, 0.1) is 6.61 Å². The molecular formula is C12H17N2O5+. The van der Waals surface area contributed by atoms with Crippen LogP contribution in [0.1, 0.15) is 26.2 Å². The summed E-state index contributed by atoms with van der Waals surface area (Å²) >= 11 is 0. The lowest BCUT2D eigenvalue weighted by atomic mass is 10.2. The highest BCUT2D eigenvalue weighted by atomic mass is 16.6. The van der Waals surface area contributed by atoms with Crippen molar-refractivity contribution in [3.63, 3.8) is 0 Å². The maximum Gasteiger partial charge on any atom is 0.547 e. The number of allylic oxidation sites excluding steroid dienone is 1. The average molecular weight is 269 g/mol. The van der Waals surface area contributed by atoms with E-state index in [1.54, 1.807) is 13.0 Å². The molecule has 0 rings (SSSR count). The van der Waals surface area contributed by atoms with Crippen LogP contribution in [0.5, 0.6) is 0 Å². The number of unbranched alkanes of at least 4 members (excludes halogenated alkanes) is 1. The maximum absolute atomic E-state index is 11.3. The van der Waals surface area contributed by atoms with Gasteiger partial charge < -0.3 is 14.6 Å². The minimum absolute atomic E-state index is 0.0472. The van der Waals surface area contributed by atoms with Gasteiger partial charge in [0.2, 0.25) is 5.39 Å². The summed E-state index contributed by atoms with van der Waals surface area (Å²) in [5.74, 6) is -2.24. The van der Waals surface area contributed by atoms with Gasteiger partial charge in [-0.25, -0.2) is 4.79 Å². The van der Waals surface area contributed by atoms with Gasteiger partial charge in [-0.15, -0.1) is 6.58 Å². The summed E-state index contributed by atoms with van der Waals surface area (Å²) < 4.78 is 9.18. The van der Waals surface area contributed by atoms with E-state index in [2.05, 4.69) is 21.0 Å². The number of carbonyl (C=O) groups is 2. The Morgan fingerprint density at radius 2 is 2.11 bits per heavy atom. The second-order valence-electron chi connectivity index (χ2n) is 3.48. The molecule has 7 heteroatoms. The molecular weight excluding hydrogens is 252 g/mol. The SMILES string of the molecule is C=CCCCC(=O)CO/C(O)=C(\[N+]#N)C(=O)OCC. The highest BCUT2D eigenvalue weighted by Crippen LogP contribution is 2.08. The lowest BCUT2D eigenvalue weighted by Crippen LogP contribution is -2.13. The Morgan fingerprint density at radius 1 is 1.42 bits per heavy atom. The van der Waals surface area contributed by atoms with Gasteiger partial charge in [0.1, 0.15) is 6.61 Å². The second kappa shape index (κ2) is 9.65. The van der Waals surface area contributed by atoms with E-state index in [9.17, 15) is 14.7 Å². The highest BCUT2D eigenvalue weighted by molar-refractivity contribution is 5.90. The molecule has 1 N–H and O–H groups in total. The number of hydrogen-bond donors (Lipinski definition) is 1. The van der Waals surface area contributed by atoms with E-state index in [0.29, 0.717) is 12.8 Å². The fraction of sp³-hybridized carbons (Fsp3) is 0.500. The van der Waals surface area contributed by atoms with Crippen LogP contribution in [0.2, 0.25) is 0 Å². The summed E-state index contributed by atoms with van der Waals surface area (Å²) in [4.78, 5) is 25.1. The third kappa shape index (κ3) is 6.83. The molecule has 0 atom stereocenters. The molecule has 0 unspecified atom stereocenters. The number of Topliss-reactive ketones (excluding diaryl/α,β-unsaturated/α-hetero) is 1. The topological polar surface area (TPSA) is 101 Å². The molecule has 0 aliphatic rings. The zero-order valence-electron chi connectivity index (χ0n) is 10.8.